The highest BCUT2D eigenvalue weighted by Gasteiger charge is 2.26. The van der Waals surface area contributed by atoms with Crippen molar-refractivity contribution in [2.24, 2.45) is 0 Å². The van der Waals surface area contributed by atoms with Crippen molar-refractivity contribution < 1.29 is 13.5 Å². The first-order valence-electron chi connectivity index (χ1n) is 9.22. The fraction of sp³-hybridized carbons (Fsp3) is 0.130. The second-order valence-corrected chi connectivity index (χ2v) is 9.47. The lowest BCUT2D eigenvalue weighted by Crippen LogP contribution is -2.25. The first-order valence-corrected chi connectivity index (χ1v) is 11.3. The fourth-order valence-electron chi connectivity index (χ4n) is 3.68. The Morgan fingerprint density at radius 1 is 1.03 bits per heavy atom. The largest absolute Gasteiger partial charge is 0.508 e. The van der Waals surface area contributed by atoms with Crippen molar-refractivity contribution in [2.45, 2.75) is 17.9 Å². The molecular weight excluding hydrogens is 406 g/mol. The van der Waals surface area contributed by atoms with Crippen molar-refractivity contribution >= 4 is 27.1 Å². The third-order valence-corrected chi connectivity index (χ3v) is 6.95. The molecule has 0 aromatic heterocycles. The van der Waals surface area contributed by atoms with Gasteiger partial charge in [-0.1, -0.05) is 54.1 Å². The second kappa shape index (κ2) is 7.58. The minimum Gasteiger partial charge on any atom is -0.508 e. The summed E-state index contributed by atoms with van der Waals surface area (Å²) >= 11 is 6.25. The van der Waals surface area contributed by atoms with Gasteiger partial charge in [0.1, 0.15) is 5.75 Å². The van der Waals surface area contributed by atoms with Gasteiger partial charge in [-0.15, -0.1) is 0 Å². The van der Waals surface area contributed by atoms with Crippen molar-refractivity contribution in [1.82, 2.24) is 0 Å². The highest BCUT2D eigenvalue weighted by molar-refractivity contribution is 7.91. The maximum atomic E-state index is 12.6. The molecule has 1 atom stereocenters. The molecule has 0 amide bonds. The number of anilines is 1. The number of fused-ring (bicyclic) bond motifs is 3. The van der Waals surface area contributed by atoms with Crippen molar-refractivity contribution in [3.8, 4) is 16.9 Å². The van der Waals surface area contributed by atoms with Crippen molar-refractivity contribution in [1.29, 1.82) is 0 Å². The van der Waals surface area contributed by atoms with Crippen LogP contribution in [0.4, 0.5) is 5.69 Å². The van der Waals surface area contributed by atoms with E-state index in [1.54, 1.807) is 12.3 Å². The zero-order chi connectivity index (χ0) is 20.6. The molecule has 6 heteroatoms. The van der Waals surface area contributed by atoms with E-state index in [-0.39, 0.29) is 22.4 Å². The predicted octanol–water partition coefficient (Wildman–Crippen LogP) is 5.58. The van der Waals surface area contributed by atoms with E-state index in [1.165, 1.54) is 29.8 Å². The van der Waals surface area contributed by atoms with E-state index in [4.69, 9.17) is 11.6 Å². The SMILES string of the molecule is CC1c2ccccc2-c2ccc(Cl)cc2N1C=CCS(=O)(=O)c1cccc(O)c1. The normalized spacial score (nSPS) is 15.9. The monoisotopic (exact) mass is 425 g/mol. The third kappa shape index (κ3) is 3.76. The van der Waals surface area contributed by atoms with E-state index in [0.29, 0.717) is 5.02 Å². The Bertz CT molecular complexity index is 1200. The lowest BCUT2D eigenvalue weighted by Gasteiger charge is -2.36. The number of halogens is 1. The maximum absolute atomic E-state index is 12.6. The molecular formula is C23H20ClNO3S. The molecule has 0 aliphatic carbocycles. The quantitative estimate of drug-likeness (QED) is 0.592. The van der Waals surface area contributed by atoms with Crippen LogP contribution in [0.3, 0.4) is 0 Å². The van der Waals surface area contributed by atoms with Crippen LogP contribution in [0.5, 0.6) is 5.75 Å². The average molecular weight is 426 g/mol. The van der Waals surface area contributed by atoms with Gasteiger partial charge in [0, 0.05) is 16.8 Å². The topological polar surface area (TPSA) is 57.6 Å². The Kier molecular flexibility index (Phi) is 5.11. The molecule has 4 nitrogen and oxygen atoms in total. The fourth-order valence-corrected chi connectivity index (χ4v) is 4.96. The number of benzene rings is 3. The highest BCUT2D eigenvalue weighted by Crippen LogP contribution is 2.45. The molecule has 0 fully saturated rings. The summed E-state index contributed by atoms with van der Waals surface area (Å²) in [6, 6.07) is 19.7. The van der Waals surface area contributed by atoms with Gasteiger partial charge >= 0.3 is 0 Å². The summed E-state index contributed by atoms with van der Waals surface area (Å²) in [7, 11) is -3.55. The van der Waals surface area contributed by atoms with Gasteiger partial charge in [-0.25, -0.2) is 8.42 Å². The lowest BCUT2D eigenvalue weighted by molar-refractivity contribution is 0.473. The van der Waals surface area contributed by atoms with Crippen molar-refractivity contribution in [3.63, 3.8) is 0 Å². The number of phenolic OH excluding ortho intramolecular Hbond substituents is 1. The summed E-state index contributed by atoms with van der Waals surface area (Å²) in [6.07, 6.45) is 3.44. The first kappa shape index (κ1) is 19.6. The van der Waals surface area contributed by atoms with Crippen LogP contribution >= 0.6 is 11.6 Å². The molecule has 0 saturated heterocycles. The van der Waals surface area contributed by atoms with Gasteiger partial charge in [0.05, 0.1) is 22.4 Å². The Balaban J connectivity index is 1.68. The molecule has 1 unspecified atom stereocenters. The Labute approximate surface area is 175 Å². The number of nitrogens with zero attached hydrogens (tertiary/aromatic N) is 1. The van der Waals surface area contributed by atoms with Crippen LogP contribution in [0.2, 0.25) is 5.02 Å². The number of hydrogen-bond donors (Lipinski definition) is 1. The van der Waals surface area contributed by atoms with Crippen LogP contribution < -0.4 is 4.90 Å². The molecule has 1 aliphatic heterocycles. The van der Waals surface area contributed by atoms with E-state index in [1.807, 2.05) is 35.2 Å². The number of hydrogen-bond acceptors (Lipinski definition) is 4. The van der Waals surface area contributed by atoms with E-state index >= 15 is 0 Å². The summed E-state index contributed by atoms with van der Waals surface area (Å²) in [5.74, 6) is -0.239. The summed E-state index contributed by atoms with van der Waals surface area (Å²) < 4.78 is 25.2. The number of aromatic hydroxyl groups is 1. The maximum Gasteiger partial charge on any atom is 0.182 e. The average Bonchev–Trinajstić information content (AvgIpc) is 2.70. The molecule has 1 aliphatic rings. The Morgan fingerprint density at radius 3 is 2.62 bits per heavy atom. The molecule has 0 saturated carbocycles. The molecule has 1 N–H and O–H groups in total. The molecule has 0 spiro atoms. The van der Waals surface area contributed by atoms with Gasteiger partial charge in [-0.2, -0.15) is 0 Å². The summed E-state index contributed by atoms with van der Waals surface area (Å²) in [4.78, 5) is 2.14. The predicted molar refractivity (Wildman–Crippen MR) is 117 cm³/mol. The summed E-state index contributed by atoms with van der Waals surface area (Å²) in [5, 5.41) is 10.2. The van der Waals surface area contributed by atoms with Gasteiger partial charge in [-0.05, 0) is 48.4 Å². The van der Waals surface area contributed by atoms with Gasteiger partial charge in [0.25, 0.3) is 0 Å². The van der Waals surface area contributed by atoms with Gasteiger partial charge in [0.2, 0.25) is 0 Å². The third-order valence-electron chi connectivity index (χ3n) is 5.11. The molecule has 29 heavy (non-hydrogen) atoms. The summed E-state index contributed by atoms with van der Waals surface area (Å²) in [6.45, 7) is 2.08. The van der Waals surface area contributed by atoms with E-state index in [9.17, 15) is 13.5 Å². The van der Waals surface area contributed by atoms with Crippen LogP contribution in [-0.4, -0.2) is 19.3 Å². The second-order valence-electron chi connectivity index (χ2n) is 7.00. The Morgan fingerprint density at radius 2 is 1.83 bits per heavy atom. The molecule has 4 rings (SSSR count). The van der Waals surface area contributed by atoms with Crippen molar-refractivity contribution in [3.05, 3.63) is 89.6 Å². The van der Waals surface area contributed by atoms with Crippen LogP contribution in [0, 0.1) is 0 Å². The molecule has 0 radical (unpaired) electrons. The van der Waals surface area contributed by atoms with Crippen LogP contribution in [0.25, 0.3) is 11.1 Å². The number of rotatable bonds is 4. The summed E-state index contributed by atoms with van der Waals surface area (Å²) in [5.41, 5.74) is 4.32. The molecule has 0 bridgehead atoms. The van der Waals surface area contributed by atoms with Crippen molar-refractivity contribution in [2.75, 3.05) is 10.7 Å². The Hall–Kier alpha value is -2.76. The van der Waals surface area contributed by atoms with Crippen LogP contribution in [0.15, 0.2) is 83.9 Å². The van der Waals surface area contributed by atoms with Gasteiger partial charge < -0.3 is 10.0 Å². The van der Waals surface area contributed by atoms with E-state index < -0.39 is 9.84 Å². The molecule has 148 valence electrons. The zero-order valence-electron chi connectivity index (χ0n) is 15.8. The molecule has 3 aromatic rings. The molecule has 3 aromatic carbocycles. The van der Waals surface area contributed by atoms with E-state index in [2.05, 4.69) is 19.1 Å². The first-order chi connectivity index (χ1) is 13.9. The van der Waals surface area contributed by atoms with Gasteiger partial charge in [0.15, 0.2) is 9.84 Å². The standard InChI is InChI=1S/C23H20ClNO3S/c1-16-20-8-2-3-9-21(20)22-11-10-17(24)14-23(22)25(16)12-5-13-29(27,28)19-7-4-6-18(26)15-19/h2-12,14-16,26H,13H2,1H3. The van der Waals surface area contributed by atoms with E-state index in [0.717, 1.165) is 16.8 Å². The number of sulfone groups is 1. The smallest absolute Gasteiger partial charge is 0.182 e. The van der Waals surface area contributed by atoms with Gasteiger partial charge in [-0.3, -0.25) is 0 Å². The van der Waals surface area contributed by atoms with Crippen LogP contribution in [-0.2, 0) is 9.84 Å². The minimum absolute atomic E-state index is 0.0249. The zero-order valence-corrected chi connectivity index (χ0v) is 17.4. The lowest BCUT2D eigenvalue weighted by atomic mass is 9.89. The molecule has 1 heterocycles. The minimum atomic E-state index is -3.55. The highest BCUT2D eigenvalue weighted by atomic mass is 35.5. The number of phenols is 1. The van der Waals surface area contributed by atoms with Crippen LogP contribution in [0.1, 0.15) is 18.5 Å².